The van der Waals surface area contributed by atoms with E-state index in [9.17, 15) is 9.59 Å². The molecule has 0 spiro atoms. The lowest BCUT2D eigenvalue weighted by Crippen LogP contribution is -2.35. The first-order valence-corrected chi connectivity index (χ1v) is 11.3. The number of carbonyl (C=O) groups is 2. The topological polar surface area (TPSA) is 80.8 Å². The third-order valence-electron chi connectivity index (χ3n) is 6.02. The summed E-state index contributed by atoms with van der Waals surface area (Å²) >= 11 is 6.10. The van der Waals surface area contributed by atoms with Crippen molar-refractivity contribution < 1.29 is 19.1 Å². The zero-order chi connectivity index (χ0) is 24.1. The fourth-order valence-corrected chi connectivity index (χ4v) is 4.49. The van der Waals surface area contributed by atoms with Crippen molar-refractivity contribution in [1.82, 2.24) is 15.2 Å². The predicted molar refractivity (Wildman–Crippen MR) is 129 cm³/mol. The van der Waals surface area contributed by atoms with Gasteiger partial charge in [0, 0.05) is 41.4 Å². The molecule has 176 valence electrons. The average Bonchev–Trinajstić information content (AvgIpc) is 3.32. The predicted octanol–water partition coefficient (Wildman–Crippen LogP) is 3.92. The Morgan fingerprint density at radius 1 is 1.06 bits per heavy atom. The van der Waals surface area contributed by atoms with Gasteiger partial charge in [0.2, 0.25) is 5.91 Å². The highest BCUT2D eigenvalue weighted by atomic mass is 35.5. The molecule has 8 heteroatoms. The number of carbonyl (C=O) groups excluding carboxylic acids is 2. The van der Waals surface area contributed by atoms with Gasteiger partial charge in [-0.2, -0.15) is 0 Å². The lowest BCUT2D eigenvalue weighted by atomic mass is 9.87. The number of likely N-dealkylation sites (tertiary alicyclic amines) is 1. The van der Waals surface area contributed by atoms with Gasteiger partial charge < -0.3 is 19.7 Å². The summed E-state index contributed by atoms with van der Waals surface area (Å²) in [6, 6.07) is 17.9. The SMILES string of the molecule is COc1ccc(OC)c([C@@H]2CN(C(=O)c3cccc(Cl)c3)C[C@H]2C(=O)NCc2ccccn2)c1. The van der Waals surface area contributed by atoms with Gasteiger partial charge in [-0.3, -0.25) is 14.6 Å². The number of rotatable bonds is 7. The molecule has 0 radical (unpaired) electrons. The maximum absolute atomic E-state index is 13.3. The number of hydrogen-bond donors (Lipinski definition) is 1. The molecule has 1 aromatic heterocycles. The largest absolute Gasteiger partial charge is 0.497 e. The van der Waals surface area contributed by atoms with Gasteiger partial charge in [-0.15, -0.1) is 0 Å². The van der Waals surface area contributed by atoms with Crippen molar-refractivity contribution in [1.29, 1.82) is 0 Å². The van der Waals surface area contributed by atoms with Crippen LogP contribution < -0.4 is 14.8 Å². The van der Waals surface area contributed by atoms with Crippen LogP contribution in [0.1, 0.15) is 27.5 Å². The van der Waals surface area contributed by atoms with Gasteiger partial charge in [-0.25, -0.2) is 0 Å². The zero-order valence-electron chi connectivity index (χ0n) is 19.0. The Hall–Kier alpha value is -3.58. The average molecular weight is 480 g/mol. The Morgan fingerprint density at radius 2 is 1.91 bits per heavy atom. The third kappa shape index (κ3) is 5.15. The van der Waals surface area contributed by atoms with Gasteiger partial charge >= 0.3 is 0 Å². The van der Waals surface area contributed by atoms with E-state index in [2.05, 4.69) is 10.3 Å². The van der Waals surface area contributed by atoms with E-state index in [0.29, 0.717) is 35.2 Å². The summed E-state index contributed by atoms with van der Waals surface area (Å²) in [4.78, 5) is 32.6. The van der Waals surface area contributed by atoms with Gasteiger partial charge in [-0.05, 0) is 48.5 Å². The Kier molecular flexibility index (Phi) is 7.33. The highest BCUT2D eigenvalue weighted by Gasteiger charge is 2.42. The minimum Gasteiger partial charge on any atom is -0.497 e. The summed E-state index contributed by atoms with van der Waals surface area (Å²) < 4.78 is 11.0. The Labute approximate surface area is 203 Å². The van der Waals surface area contributed by atoms with E-state index in [-0.39, 0.29) is 24.3 Å². The highest BCUT2D eigenvalue weighted by Crippen LogP contribution is 2.40. The maximum atomic E-state index is 13.3. The van der Waals surface area contributed by atoms with Gasteiger partial charge in [-0.1, -0.05) is 23.7 Å². The molecule has 1 fully saturated rings. The number of pyridine rings is 1. The van der Waals surface area contributed by atoms with E-state index in [4.69, 9.17) is 21.1 Å². The second kappa shape index (κ2) is 10.6. The lowest BCUT2D eigenvalue weighted by Gasteiger charge is -2.21. The van der Waals surface area contributed by atoms with Gasteiger partial charge in [0.15, 0.2) is 0 Å². The molecule has 1 aliphatic rings. The molecular weight excluding hydrogens is 454 g/mol. The summed E-state index contributed by atoms with van der Waals surface area (Å²) in [5.41, 5.74) is 2.07. The van der Waals surface area contributed by atoms with Gasteiger partial charge in [0.25, 0.3) is 5.91 Å². The molecule has 0 bridgehead atoms. The van der Waals surface area contributed by atoms with E-state index in [0.717, 1.165) is 11.3 Å². The molecule has 1 aliphatic heterocycles. The minimum atomic E-state index is -0.479. The van der Waals surface area contributed by atoms with Crippen LogP contribution in [-0.2, 0) is 11.3 Å². The molecule has 1 saturated heterocycles. The second-order valence-corrected chi connectivity index (χ2v) is 8.52. The van der Waals surface area contributed by atoms with E-state index < -0.39 is 5.92 Å². The van der Waals surface area contributed by atoms with Crippen LogP contribution in [-0.4, -0.2) is 49.0 Å². The fraction of sp³-hybridized carbons (Fsp3) is 0.269. The van der Waals surface area contributed by atoms with Crippen LogP contribution in [0.25, 0.3) is 0 Å². The van der Waals surface area contributed by atoms with Crippen LogP contribution in [0.5, 0.6) is 11.5 Å². The third-order valence-corrected chi connectivity index (χ3v) is 6.26. The maximum Gasteiger partial charge on any atom is 0.253 e. The van der Waals surface area contributed by atoms with Gasteiger partial charge in [0.05, 0.1) is 32.4 Å². The molecule has 0 aliphatic carbocycles. The van der Waals surface area contributed by atoms with Crippen LogP contribution in [0.3, 0.4) is 0 Å². The quantitative estimate of drug-likeness (QED) is 0.555. The molecule has 7 nitrogen and oxygen atoms in total. The van der Waals surface area contributed by atoms with E-state index >= 15 is 0 Å². The van der Waals surface area contributed by atoms with E-state index in [1.807, 2.05) is 36.4 Å². The normalized spacial score (nSPS) is 17.3. The number of aromatic nitrogens is 1. The molecule has 0 unspecified atom stereocenters. The first kappa shape index (κ1) is 23.6. The van der Waals surface area contributed by atoms with Crippen LogP contribution >= 0.6 is 11.6 Å². The first-order valence-electron chi connectivity index (χ1n) is 10.9. The van der Waals surface area contributed by atoms with Crippen LogP contribution in [0.4, 0.5) is 0 Å². The number of benzene rings is 2. The van der Waals surface area contributed by atoms with E-state index in [1.165, 1.54) is 0 Å². The number of halogens is 1. The molecule has 4 rings (SSSR count). The number of nitrogens with zero attached hydrogens (tertiary/aromatic N) is 2. The zero-order valence-corrected chi connectivity index (χ0v) is 19.8. The van der Waals surface area contributed by atoms with Crippen LogP contribution in [0, 0.1) is 5.92 Å². The fourth-order valence-electron chi connectivity index (χ4n) is 4.30. The van der Waals surface area contributed by atoms with Crippen molar-refractivity contribution in [2.45, 2.75) is 12.5 Å². The standard InChI is InChI=1S/C26H26ClN3O4/c1-33-20-9-10-24(34-2)21(13-20)22-15-30(26(32)17-6-5-7-18(27)12-17)16-23(22)25(31)29-14-19-8-3-4-11-28-19/h3-13,22-23H,14-16H2,1-2H3,(H,29,31)/t22-,23+/m0/s1. The van der Waals surface area contributed by atoms with Crippen molar-refractivity contribution in [3.05, 3.63) is 88.7 Å². The molecule has 2 aromatic carbocycles. The highest BCUT2D eigenvalue weighted by molar-refractivity contribution is 6.30. The molecule has 34 heavy (non-hydrogen) atoms. The van der Waals surface area contributed by atoms with Crippen molar-refractivity contribution in [3.8, 4) is 11.5 Å². The molecule has 2 amide bonds. The van der Waals surface area contributed by atoms with Crippen LogP contribution in [0.2, 0.25) is 5.02 Å². The van der Waals surface area contributed by atoms with Crippen LogP contribution in [0.15, 0.2) is 66.9 Å². The Bertz CT molecular complexity index is 1170. The Balaban J connectivity index is 1.63. The van der Waals surface area contributed by atoms with Gasteiger partial charge in [0.1, 0.15) is 11.5 Å². The second-order valence-electron chi connectivity index (χ2n) is 8.08. The summed E-state index contributed by atoms with van der Waals surface area (Å²) in [5.74, 6) is 0.217. The Morgan fingerprint density at radius 3 is 2.62 bits per heavy atom. The molecule has 3 aromatic rings. The molecule has 1 N–H and O–H groups in total. The summed E-state index contributed by atoms with van der Waals surface area (Å²) in [5, 5.41) is 3.47. The molecule has 0 saturated carbocycles. The number of methoxy groups -OCH3 is 2. The smallest absolute Gasteiger partial charge is 0.253 e. The van der Waals surface area contributed by atoms with Crippen molar-refractivity contribution in [2.24, 2.45) is 5.92 Å². The van der Waals surface area contributed by atoms with E-state index in [1.54, 1.807) is 49.6 Å². The van der Waals surface area contributed by atoms with Crippen molar-refractivity contribution >= 4 is 23.4 Å². The molecule has 2 atom stereocenters. The lowest BCUT2D eigenvalue weighted by molar-refractivity contribution is -0.125. The number of amides is 2. The summed E-state index contributed by atoms with van der Waals surface area (Å²) in [6.45, 7) is 0.932. The number of nitrogens with one attached hydrogen (secondary N) is 1. The number of ether oxygens (including phenoxy) is 2. The summed E-state index contributed by atoms with van der Waals surface area (Å²) in [7, 11) is 3.18. The van der Waals surface area contributed by atoms with Crippen molar-refractivity contribution in [3.63, 3.8) is 0 Å². The molecule has 2 heterocycles. The number of hydrogen-bond acceptors (Lipinski definition) is 5. The first-order chi connectivity index (χ1) is 16.5. The van der Waals surface area contributed by atoms with Crippen molar-refractivity contribution in [2.75, 3.05) is 27.3 Å². The monoisotopic (exact) mass is 479 g/mol. The minimum absolute atomic E-state index is 0.151. The molecular formula is C26H26ClN3O4. The summed E-state index contributed by atoms with van der Waals surface area (Å²) in [6.07, 6.45) is 1.69.